The SMILES string of the molecule is CC(C)(C)c1cc(C(F)(F)P(=O)([O-])[O-])c(F)c(C(C)(C)C)c1CBr. The van der Waals surface area contributed by atoms with E-state index in [1.807, 2.05) is 0 Å². The number of hydrogen-bond acceptors (Lipinski definition) is 3. The number of benzene rings is 1. The second-order valence-electron chi connectivity index (χ2n) is 7.81. The maximum Gasteiger partial charge on any atom is 0.299 e. The Hall–Kier alpha value is -0.360. The van der Waals surface area contributed by atoms with Crippen molar-refractivity contribution in [1.82, 2.24) is 0 Å². The fraction of sp³-hybridized carbons (Fsp3) is 0.625. The van der Waals surface area contributed by atoms with Crippen LogP contribution >= 0.6 is 23.5 Å². The Bertz CT molecular complexity index is 685. The summed E-state index contributed by atoms with van der Waals surface area (Å²) in [5.74, 6) is -1.35. The van der Waals surface area contributed by atoms with E-state index in [1.54, 1.807) is 41.5 Å². The number of halogens is 4. The largest absolute Gasteiger partial charge is 0.806 e. The highest BCUT2D eigenvalue weighted by Crippen LogP contribution is 2.55. The van der Waals surface area contributed by atoms with Gasteiger partial charge in [0.1, 0.15) is 5.82 Å². The second kappa shape index (κ2) is 6.42. The summed E-state index contributed by atoms with van der Waals surface area (Å²) in [6.07, 6.45) is 0. The van der Waals surface area contributed by atoms with Crippen LogP contribution in [0, 0.1) is 5.82 Å². The average Bonchev–Trinajstić information content (AvgIpc) is 2.32. The maximum atomic E-state index is 14.9. The molecule has 1 rings (SSSR count). The summed E-state index contributed by atoms with van der Waals surface area (Å²) in [5, 5.41) is 0.210. The van der Waals surface area contributed by atoms with Crippen LogP contribution in [0.25, 0.3) is 0 Å². The predicted octanol–water partition coefficient (Wildman–Crippen LogP) is 4.28. The molecule has 8 heteroatoms. The molecule has 0 N–H and O–H groups in total. The minimum absolute atomic E-state index is 0.0186. The van der Waals surface area contributed by atoms with Gasteiger partial charge in [-0.3, -0.25) is 0 Å². The molecular formula is C16H21BrF3O3P-2. The van der Waals surface area contributed by atoms with Crippen LogP contribution < -0.4 is 9.79 Å². The molecule has 0 aliphatic heterocycles. The van der Waals surface area contributed by atoms with Gasteiger partial charge in [0.05, 0.1) is 5.56 Å². The summed E-state index contributed by atoms with van der Waals surface area (Å²) in [5.41, 5.74) is -6.88. The third-order valence-electron chi connectivity index (χ3n) is 3.73. The van der Waals surface area contributed by atoms with Crippen molar-refractivity contribution in [3.63, 3.8) is 0 Å². The summed E-state index contributed by atoms with van der Waals surface area (Å²) in [4.78, 5) is 22.1. The van der Waals surface area contributed by atoms with Crippen LogP contribution in [0.4, 0.5) is 13.2 Å². The maximum absolute atomic E-state index is 14.9. The molecule has 0 amide bonds. The van der Waals surface area contributed by atoms with Gasteiger partial charge < -0.3 is 14.4 Å². The molecule has 0 heterocycles. The van der Waals surface area contributed by atoms with E-state index in [2.05, 4.69) is 15.9 Å². The molecule has 0 saturated carbocycles. The van der Waals surface area contributed by atoms with Crippen LogP contribution in [0.5, 0.6) is 0 Å². The van der Waals surface area contributed by atoms with Crippen molar-refractivity contribution in [2.75, 3.05) is 0 Å². The molecule has 0 spiro atoms. The van der Waals surface area contributed by atoms with Gasteiger partial charge in [-0.05, 0) is 33.6 Å². The summed E-state index contributed by atoms with van der Waals surface area (Å²) in [6, 6.07) is 0.809. The topological polar surface area (TPSA) is 63.2 Å². The van der Waals surface area contributed by atoms with Gasteiger partial charge in [-0.2, -0.15) is 8.78 Å². The molecular weight excluding hydrogens is 408 g/mol. The molecule has 3 nitrogen and oxygen atoms in total. The van der Waals surface area contributed by atoms with E-state index < -0.39 is 35.5 Å². The van der Waals surface area contributed by atoms with E-state index in [0.717, 1.165) is 6.07 Å². The molecule has 0 unspecified atom stereocenters. The van der Waals surface area contributed by atoms with E-state index in [-0.39, 0.29) is 10.9 Å². The first-order valence-corrected chi connectivity index (χ1v) is 9.95. The van der Waals surface area contributed by atoms with E-state index in [1.165, 1.54) is 0 Å². The molecule has 24 heavy (non-hydrogen) atoms. The molecule has 0 aliphatic carbocycles. The summed E-state index contributed by atoms with van der Waals surface area (Å²) < 4.78 is 54.3. The molecule has 0 aromatic heterocycles. The minimum Gasteiger partial charge on any atom is -0.806 e. The summed E-state index contributed by atoms with van der Waals surface area (Å²) in [7, 11) is -6.37. The second-order valence-corrected chi connectivity index (χ2v) is 9.93. The van der Waals surface area contributed by atoms with E-state index in [0.29, 0.717) is 11.1 Å². The molecule has 0 radical (unpaired) electrons. The third-order valence-corrected chi connectivity index (χ3v) is 5.22. The highest BCUT2D eigenvalue weighted by molar-refractivity contribution is 9.08. The van der Waals surface area contributed by atoms with Gasteiger partial charge in [0.15, 0.2) is 0 Å². The van der Waals surface area contributed by atoms with Gasteiger partial charge in [0.2, 0.25) is 0 Å². The molecule has 138 valence electrons. The Labute approximate surface area is 148 Å². The van der Waals surface area contributed by atoms with Crippen molar-refractivity contribution in [2.24, 2.45) is 0 Å². The van der Waals surface area contributed by atoms with Gasteiger partial charge in [0.25, 0.3) is 5.66 Å². The van der Waals surface area contributed by atoms with Crippen LogP contribution in [0.2, 0.25) is 0 Å². The summed E-state index contributed by atoms with van der Waals surface area (Å²) in [6.45, 7) is 10.2. The van der Waals surface area contributed by atoms with Crippen molar-refractivity contribution in [3.05, 3.63) is 34.1 Å². The Morgan fingerprint density at radius 1 is 1.04 bits per heavy atom. The smallest absolute Gasteiger partial charge is 0.299 e. The zero-order valence-corrected chi connectivity index (χ0v) is 16.9. The normalized spacial score (nSPS) is 14.2. The Morgan fingerprint density at radius 2 is 1.50 bits per heavy atom. The number of alkyl halides is 3. The molecule has 0 aliphatic rings. The van der Waals surface area contributed by atoms with Crippen LogP contribution in [-0.2, 0) is 26.4 Å². The lowest BCUT2D eigenvalue weighted by Crippen LogP contribution is -2.33. The van der Waals surface area contributed by atoms with Crippen molar-refractivity contribution in [3.8, 4) is 0 Å². The quantitative estimate of drug-likeness (QED) is 0.533. The Balaban J connectivity index is 4.06. The molecule has 0 bridgehead atoms. The monoisotopic (exact) mass is 428 g/mol. The van der Waals surface area contributed by atoms with E-state index in [9.17, 15) is 27.5 Å². The Kier molecular flexibility index (Phi) is 5.80. The standard InChI is InChI=1S/C16H23BrF3O3P/c1-14(2,3)10-7-11(16(19,20)24(21,22)23)13(18)12(9(10)8-17)15(4,5)6/h7H,8H2,1-6H3,(H2,21,22,23)/p-2. The van der Waals surface area contributed by atoms with Crippen molar-refractivity contribution in [1.29, 1.82) is 0 Å². The first-order valence-electron chi connectivity index (χ1n) is 7.29. The van der Waals surface area contributed by atoms with Crippen LogP contribution in [-0.4, -0.2) is 0 Å². The van der Waals surface area contributed by atoms with Crippen molar-refractivity contribution >= 4 is 23.5 Å². The van der Waals surface area contributed by atoms with E-state index in [4.69, 9.17) is 0 Å². The lowest BCUT2D eigenvalue weighted by atomic mass is 9.75. The first kappa shape index (κ1) is 21.7. The van der Waals surface area contributed by atoms with Crippen molar-refractivity contribution < 1.29 is 27.5 Å². The predicted molar refractivity (Wildman–Crippen MR) is 87.9 cm³/mol. The highest BCUT2D eigenvalue weighted by atomic mass is 79.9. The highest BCUT2D eigenvalue weighted by Gasteiger charge is 2.42. The van der Waals surface area contributed by atoms with Gasteiger partial charge in [-0.25, -0.2) is 4.39 Å². The summed E-state index contributed by atoms with van der Waals surface area (Å²) >= 11 is 3.26. The van der Waals surface area contributed by atoms with Crippen molar-refractivity contribution in [2.45, 2.75) is 63.4 Å². The molecule has 1 aromatic carbocycles. The average molecular weight is 429 g/mol. The van der Waals surface area contributed by atoms with Gasteiger partial charge in [-0.1, -0.05) is 57.5 Å². The lowest BCUT2D eigenvalue weighted by Gasteiger charge is -2.40. The molecule has 0 saturated heterocycles. The zero-order chi connectivity index (χ0) is 19.3. The Morgan fingerprint density at radius 3 is 1.79 bits per heavy atom. The van der Waals surface area contributed by atoms with Gasteiger partial charge in [0, 0.05) is 12.9 Å². The molecule has 1 aromatic rings. The van der Waals surface area contributed by atoms with Crippen LogP contribution in [0.1, 0.15) is 63.8 Å². The number of hydrogen-bond donors (Lipinski definition) is 0. The number of rotatable bonds is 3. The van der Waals surface area contributed by atoms with Crippen LogP contribution in [0.15, 0.2) is 6.07 Å². The minimum atomic E-state index is -6.37. The third kappa shape index (κ3) is 3.90. The van der Waals surface area contributed by atoms with Gasteiger partial charge >= 0.3 is 0 Å². The molecule has 0 atom stereocenters. The lowest BCUT2D eigenvalue weighted by molar-refractivity contribution is -0.335. The van der Waals surface area contributed by atoms with E-state index >= 15 is 0 Å². The fourth-order valence-electron chi connectivity index (χ4n) is 2.65. The first-order chi connectivity index (χ1) is 10.5. The van der Waals surface area contributed by atoms with Crippen LogP contribution in [0.3, 0.4) is 0 Å². The molecule has 0 fully saturated rings. The van der Waals surface area contributed by atoms with Gasteiger partial charge in [-0.15, -0.1) is 0 Å². The zero-order valence-electron chi connectivity index (χ0n) is 14.5. The fourth-order valence-corrected chi connectivity index (χ4v) is 3.69.